The van der Waals surface area contributed by atoms with Crippen LogP contribution in [0.3, 0.4) is 0 Å². The number of nitrogens with one attached hydrogen (secondary N) is 1. The molecule has 0 saturated carbocycles. The number of hydrogen-bond donors (Lipinski definition) is 1. The second kappa shape index (κ2) is 5.27. The molecule has 21 heavy (non-hydrogen) atoms. The van der Waals surface area contributed by atoms with Crippen molar-refractivity contribution in [2.24, 2.45) is 0 Å². The topological polar surface area (TPSA) is 58.6 Å². The highest BCUT2D eigenvalue weighted by atomic mass is 19.4. The van der Waals surface area contributed by atoms with E-state index in [4.69, 9.17) is 0 Å². The molecule has 114 valence electrons. The Labute approximate surface area is 118 Å². The van der Waals surface area contributed by atoms with Crippen molar-refractivity contribution < 1.29 is 27.5 Å². The molecule has 1 N–H and O–H groups in total. The third kappa shape index (κ3) is 3.09. The number of amides is 2. The second-order valence-corrected chi connectivity index (χ2v) is 4.58. The lowest BCUT2D eigenvalue weighted by Crippen LogP contribution is -2.42. The molecule has 0 aliphatic carbocycles. The number of alkyl halides is 3. The first-order valence-electron chi connectivity index (χ1n) is 6.20. The molecule has 0 aromatic heterocycles. The van der Waals surface area contributed by atoms with Gasteiger partial charge < -0.3 is 15.0 Å². The number of anilines is 1. The van der Waals surface area contributed by atoms with Crippen LogP contribution >= 0.6 is 0 Å². The number of carbonyl (C=O) groups excluding carboxylic acids is 2. The van der Waals surface area contributed by atoms with E-state index in [1.54, 1.807) is 6.92 Å². The number of likely N-dealkylation sites (N-methyl/N-ethyl adjacent to an activating group) is 1. The van der Waals surface area contributed by atoms with Crippen LogP contribution in [0.1, 0.15) is 23.7 Å². The molecule has 5 nitrogen and oxygen atoms in total. The molecule has 1 aromatic rings. The van der Waals surface area contributed by atoms with E-state index in [1.807, 2.05) is 0 Å². The Morgan fingerprint density at radius 2 is 2.00 bits per heavy atom. The van der Waals surface area contributed by atoms with E-state index in [0.717, 1.165) is 12.1 Å². The maximum Gasteiger partial charge on any atom is 0.573 e. The van der Waals surface area contributed by atoms with Gasteiger partial charge in [0.2, 0.25) is 5.91 Å². The Morgan fingerprint density at radius 1 is 1.33 bits per heavy atom. The molecule has 0 bridgehead atoms. The first-order chi connectivity index (χ1) is 9.73. The molecule has 1 aliphatic heterocycles. The number of benzene rings is 1. The summed E-state index contributed by atoms with van der Waals surface area (Å²) in [5.74, 6) is -1.42. The smallest absolute Gasteiger partial charge is 0.406 e. The summed E-state index contributed by atoms with van der Waals surface area (Å²) in [6.45, 7) is 1.74. The van der Waals surface area contributed by atoms with Gasteiger partial charge in [0.05, 0.1) is 11.3 Å². The molecule has 0 saturated heterocycles. The van der Waals surface area contributed by atoms with Crippen molar-refractivity contribution in [3.63, 3.8) is 0 Å². The first kappa shape index (κ1) is 15.1. The molecule has 0 fully saturated rings. The van der Waals surface area contributed by atoms with Gasteiger partial charge in [-0.3, -0.25) is 9.59 Å². The molecule has 8 heteroatoms. The Bertz CT molecular complexity index is 587. The van der Waals surface area contributed by atoms with Crippen molar-refractivity contribution >= 4 is 17.5 Å². The molecule has 0 radical (unpaired) electrons. The van der Waals surface area contributed by atoms with Gasteiger partial charge in [0.15, 0.2) is 0 Å². The summed E-state index contributed by atoms with van der Waals surface area (Å²) in [7, 11) is 1.43. The van der Waals surface area contributed by atoms with Gasteiger partial charge in [-0.1, -0.05) is 6.92 Å². The van der Waals surface area contributed by atoms with Crippen LogP contribution in [-0.2, 0) is 4.79 Å². The predicted molar refractivity (Wildman–Crippen MR) is 67.9 cm³/mol. The summed E-state index contributed by atoms with van der Waals surface area (Å²) < 4.78 is 40.4. The molecule has 1 aromatic carbocycles. The van der Waals surface area contributed by atoms with Crippen molar-refractivity contribution in [3.8, 4) is 5.75 Å². The van der Waals surface area contributed by atoms with Crippen LogP contribution in [0.4, 0.5) is 18.9 Å². The standard InChI is InChI=1S/C13H13F3N2O3/c1-3-10-11(19)17-9-5-4-7(21-13(14,15)16)6-8(9)12(20)18(10)2/h4-6,10H,3H2,1-2H3,(H,17,19)/t10-/m0/s1. The number of carbonyl (C=O) groups is 2. The van der Waals surface area contributed by atoms with E-state index in [2.05, 4.69) is 10.1 Å². The van der Waals surface area contributed by atoms with E-state index in [1.165, 1.54) is 18.0 Å². The number of halogens is 3. The van der Waals surface area contributed by atoms with Gasteiger partial charge in [-0.2, -0.15) is 0 Å². The Kier molecular flexibility index (Phi) is 3.80. The Morgan fingerprint density at radius 3 is 2.57 bits per heavy atom. The number of nitrogens with zero attached hydrogens (tertiary/aromatic N) is 1. The summed E-state index contributed by atoms with van der Waals surface area (Å²) in [4.78, 5) is 25.4. The average molecular weight is 302 g/mol. The van der Waals surface area contributed by atoms with Crippen LogP contribution in [0.2, 0.25) is 0 Å². The maximum atomic E-state index is 12.3. The molecule has 2 amide bonds. The van der Waals surface area contributed by atoms with Crippen LogP contribution in [0.15, 0.2) is 18.2 Å². The lowest BCUT2D eigenvalue weighted by molar-refractivity contribution is -0.274. The van der Waals surface area contributed by atoms with E-state index < -0.39 is 24.1 Å². The van der Waals surface area contributed by atoms with Crippen LogP contribution < -0.4 is 10.1 Å². The minimum atomic E-state index is -4.84. The van der Waals surface area contributed by atoms with Crippen LogP contribution in [0.5, 0.6) is 5.75 Å². The van der Waals surface area contributed by atoms with Gasteiger partial charge in [-0.05, 0) is 24.6 Å². The highest BCUT2D eigenvalue weighted by Crippen LogP contribution is 2.30. The molecule has 0 unspecified atom stereocenters. The minimum Gasteiger partial charge on any atom is -0.406 e. The zero-order valence-electron chi connectivity index (χ0n) is 11.3. The summed E-state index contributed by atoms with van der Waals surface area (Å²) in [6, 6.07) is 2.57. The van der Waals surface area contributed by atoms with Gasteiger partial charge in [-0.15, -0.1) is 13.2 Å². The largest absolute Gasteiger partial charge is 0.573 e. The quantitative estimate of drug-likeness (QED) is 0.912. The fourth-order valence-electron chi connectivity index (χ4n) is 2.19. The van der Waals surface area contributed by atoms with E-state index in [9.17, 15) is 22.8 Å². The molecule has 2 rings (SSSR count). The zero-order valence-corrected chi connectivity index (χ0v) is 11.3. The van der Waals surface area contributed by atoms with Crippen molar-refractivity contribution in [2.45, 2.75) is 25.7 Å². The summed E-state index contributed by atoms with van der Waals surface area (Å²) >= 11 is 0. The number of fused-ring (bicyclic) bond motifs is 1. The van der Waals surface area contributed by atoms with Crippen molar-refractivity contribution in [2.75, 3.05) is 12.4 Å². The average Bonchev–Trinajstić information content (AvgIpc) is 2.46. The van der Waals surface area contributed by atoms with Gasteiger partial charge >= 0.3 is 6.36 Å². The van der Waals surface area contributed by atoms with Crippen LogP contribution in [0, 0.1) is 0 Å². The SMILES string of the molecule is CC[C@H]1C(=O)Nc2ccc(OC(F)(F)F)cc2C(=O)N1C. The van der Waals surface area contributed by atoms with Crippen molar-refractivity contribution in [1.29, 1.82) is 0 Å². The summed E-state index contributed by atoms with van der Waals surface area (Å²) in [5.41, 5.74) is 0.130. The van der Waals surface area contributed by atoms with Gasteiger partial charge in [0.1, 0.15) is 11.8 Å². The lowest BCUT2D eigenvalue weighted by Gasteiger charge is -2.22. The molecular weight excluding hydrogens is 289 g/mol. The van der Waals surface area contributed by atoms with Gasteiger partial charge in [0, 0.05) is 7.05 Å². The minimum absolute atomic E-state index is 0.0384. The Balaban J connectivity index is 2.42. The fourth-order valence-corrected chi connectivity index (χ4v) is 2.19. The third-order valence-electron chi connectivity index (χ3n) is 3.19. The first-order valence-corrected chi connectivity index (χ1v) is 6.20. The molecule has 1 atom stereocenters. The molecule has 0 spiro atoms. The highest BCUT2D eigenvalue weighted by Gasteiger charge is 2.34. The number of rotatable bonds is 2. The second-order valence-electron chi connectivity index (χ2n) is 4.58. The number of hydrogen-bond acceptors (Lipinski definition) is 3. The predicted octanol–water partition coefficient (Wildman–Crippen LogP) is 2.39. The van der Waals surface area contributed by atoms with Gasteiger partial charge in [0.25, 0.3) is 5.91 Å². The Hall–Kier alpha value is -2.25. The van der Waals surface area contributed by atoms with Crippen molar-refractivity contribution in [3.05, 3.63) is 23.8 Å². The van der Waals surface area contributed by atoms with Gasteiger partial charge in [-0.25, -0.2) is 0 Å². The number of ether oxygens (including phenoxy) is 1. The highest BCUT2D eigenvalue weighted by molar-refractivity contribution is 6.09. The monoisotopic (exact) mass is 302 g/mol. The van der Waals surface area contributed by atoms with E-state index in [0.29, 0.717) is 6.42 Å². The van der Waals surface area contributed by atoms with Crippen LogP contribution in [0.25, 0.3) is 0 Å². The van der Waals surface area contributed by atoms with E-state index >= 15 is 0 Å². The van der Waals surface area contributed by atoms with Crippen LogP contribution in [-0.4, -0.2) is 36.2 Å². The van der Waals surface area contributed by atoms with Crippen molar-refractivity contribution in [1.82, 2.24) is 4.90 Å². The third-order valence-corrected chi connectivity index (χ3v) is 3.19. The fraction of sp³-hybridized carbons (Fsp3) is 0.385. The molecular formula is C13H13F3N2O3. The molecule has 1 heterocycles. The normalized spacial score (nSPS) is 18.9. The summed E-state index contributed by atoms with van der Waals surface area (Å²) in [6.07, 6.45) is -4.45. The summed E-state index contributed by atoms with van der Waals surface area (Å²) in [5, 5.41) is 2.54. The lowest BCUT2D eigenvalue weighted by atomic mass is 10.1. The van der Waals surface area contributed by atoms with E-state index in [-0.39, 0.29) is 17.2 Å². The zero-order chi connectivity index (χ0) is 15.8. The molecule has 1 aliphatic rings. The maximum absolute atomic E-state index is 12.3.